The van der Waals surface area contributed by atoms with Gasteiger partial charge in [-0.15, -0.1) is 0 Å². The number of carbonyl (C=O) groups excluding carboxylic acids is 2. The van der Waals surface area contributed by atoms with Crippen molar-refractivity contribution < 1.29 is 27.5 Å². The molecule has 0 aromatic heterocycles. The molecule has 9 nitrogen and oxygen atoms in total. The number of hydrogen-bond acceptors (Lipinski definition) is 6. The quantitative estimate of drug-likeness (QED) is 0.464. The monoisotopic (exact) mass is 545 g/mol. The summed E-state index contributed by atoms with van der Waals surface area (Å²) in [6.45, 7) is 3.11. The second-order valence-electron chi connectivity index (χ2n) is 7.64. The van der Waals surface area contributed by atoms with Gasteiger partial charge in [0.25, 0.3) is 0 Å². The predicted octanol–water partition coefficient (Wildman–Crippen LogP) is 3.33. The molecule has 1 N–H and O–H groups in total. The van der Waals surface area contributed by atoms with Gasteiger partial charge in [-0.25, -0.2) is 8.42 Å². The van der Waals surface area contributed by atoms with Gasteiger partial charge < -0.3 is 19.7 Å². The third kappa shape index (κ3) is 7.39. The van der Waals surface area contributed by atoms with Crippen LogP contribution in [0.3, 0.4) is 0 Å². The molecule has 0 unspecified atom stereocenters. The van der Waals surface area contributed by atoms with E-state index in [1.807, 2.05) is 0 Å². The number of nitrogens with one attached hydrogen (secondary N) is 1. The van der Waals surface area contributed by atoms with Crippen LogP contribution < -0.4 is 19.1 Å². The van der Waals surface area contributed by atoms with E-state index in [1.165, 1.54) is 37.3 Å². The fourth-order valence-corrected chi connectivity index (χ4v) is 4.64. The Balaban J connectivity index is 2.46. The highest BCUT2D eigenvalue weighted by Gasteiger charge is 2.30. The molecule has 192 valence electrons. The summed E-state index contributed by atoms with van der Waals surface area (Å²) in [5.41, 5.74) is 0.756. The number of likely N-dealkylation sites (N-methyl/N-ethyl adjacent to an activating group) is 1. The van der Waals surface area contributed by atoms with Gasteiger partial charge in [-0.1, -0.05) is 29.3 Å². The second-order valence-corrected chi connectivity index (χ2v) is 10.4. The molecule has 0 saturated carbocycles. The number of benzene rings is 2. The molecule has 0 radical (unpaired) electrons. The van der Waals surface area contributed by atoms with Gasteiger partial charge in [0.1, 0.15) is 12.6 Å². The van der Waals surface area contributed by atoms with Gasteiger partial charge in [0.2, 0.25) is 21.8 Å². The minimum Gasteiger partial charge on any atom is -0.493 e. The van der Waals surface area contributed by atoms with E-state index >= 15 is 0 Å². The molecule has 1 atom stereocenters. The Morgan fingerprint density at radius 1 is 1.06 bits per heavy atom. The molecule has 0 aliphatic carbocycles. The van der Waals surface area contributed by atoms with Crippen LogP contribution in [0.2, 0.25) is 10.0 Å². The lowest BCUT2D eigenvalue weighted by molar-refractivity contribution is -0.139. The summed E-state index contributed by atoms with van der Waals surface area (Å²) in [6.07, 6.45) is 0.991. The Kier molecular flexibility index (Phi) is 10.1. The van der Waals surface area contributed by atoms with Crippen LogP contribution in [0.5, 0.6) is 11.5 Å². The molecule has 0 saturated heterocycles. The average Bonchev–Trinajstić information content (AvgIpc) is 2.80. The summed E-state index contributed by atoms with van der Waals surface area (Å²) in [7, 11) is -1.01. The molecule has 0 fully saturated rings. The number of anilines is 1. The van der Waals surface area contributed by atoms with Gasteiger partial charge in [-0.05, 0) is 43.7 Å². The standard InChI is InChI=1S/C23H29Cl2N3O6S/c1-6-26-23(30)15(2)27(13-16-7-8-17(24)11-19(16)25)22(29)14-28(35(5,31)32)18-9-10-20(33-3)21(12-18)34-4/h7-12,15H,6,13-14H2,1-5H3,(H,26,30)/t15-/m0/s1. The molecule has 2 aromatic rings. The Hall–Kier alpha value is -2.69. The van der Waals surface area contributed by atoms with Crippen molar-refractivity contribution in [2.45, 2.75) is 26.4 Å². The number of sulfonamides is 1. The van der Waals surface area contributed by atoms with Gasteiger partial charge in [0.05, 0.1) is 26.2 Å². The van der Waals surface area contributed by atoms with E-state index in [1.54, 1.807) is 32.0 Å². The predicted molar refractivity (Wildman–Crippen MR) is 137 cm³/mol. The summed E-state index contributed by atoms with van der Waals surface area (Å²) in [5.74, 6) is -0.288. The van der Waals surface area contributed by atoms with Crippen molar-refractivity contribution in [2.75, 3.05) is 37.9 Å². The van der Waals surface area contributed by atoms with Gasteiger partial charge in [-0.2, -0.15) is 0 Å². The second kappa shape index (κ2) is 12.3. The van der Waals surface area contributed by atoms with Gasteiger partial charge in [0, 0.05) is 29.2 Å². The van der Waals surface area contributed by atoms with Crippen LogP contribution >= 0.6 is 23.2 Å². The van der Waals surface area contributed by atoms with E-state index in [2.05, 4.69) is 5.32 Å². The van der Waals surface area contributed by atoms with Crippen LogP contribution in [-0.2, 0) is 26.2 Å². The molecule has 12 heteroatoms. The molecule has 0 bridgehead atoms. The van der Waals surface area contributed by atoms with E-state index in [-0.39, 0.29) is 18.1 Å². The third-order valence-electron chi connectivity index (χ3n) is 5.21. The number of ether oxygens (including phenoxy) is 2. The number of carbonyl (C=O) groups is 2. The number of amides is 2. The van der Waals surface area contributed by atoms with Crippen LogP contribution in [0.4, 0.5) is 5.69 Å². The average molecular weight is 546 g/mol. The van der Waals surface area contributed by atoms with Crippen LogP contribution in [0.25, 0.3) is 0 Å². The van der Waals surface area contributed by atoms with Crippen molar-refractivity contribution in [1.82, 2.24) is 10.2 Å². The van der Waals surface area contributed by atoms with Crippen molar-refractivity contribution >= 4 is 50.7 Å². The number of halogens is 2. The zero-order valence-electron chi connectivity index (χ0n) is 20.2. The lowest BCUT2D eigenvalue weighted by atomic mass is 10.1. The molecule has 2 amide bonds. The first-order chi connectivity index (χ1) is 16.4. The first-order valence-corrected chi connectivity index (χ1v) is 13.2. The minimum atomic E-state index is -3.89. The Morgan fingerprint density at radius 3 is 2.26 bits per heavy atom. The highest BCUT2D eigenvalue weighted by Crippen LogP contribution is 2.32. The van der Waals surface area contributed by atoms with Crippen molar-refractivity contribution in [2.24, 2.45) is 0 Å². The highest BCUT2D eigenvalue weighted by molar-refractivity contribution is 7.92. The first kappa shape index (κ1) is 28.5. The van der Waals surface area contributed by atoms with E-state index in [0.29, 0.717) is 33.7 Å². The molecule has 0 heterocycles. The van der Waals surface area contributed by atoms with E-state index in [4.69, 9.17) is 32.7 Å². The fraction of sp³-hybridized carbons (Fsp3) is 0.391. The summed E-state index contributed by atoms with van der Waals surface area (Å²) in [4.78, 5) is 27.4. The molecular formula is C23H29Cl2N3O6S. The molecule has 0 aliphatic heterocycles. The van der Waals surface area contributed by atoms with Gasteiger partial charge >= 0.3 is 0 Å². The summed E-state index contributed by atoms with van der Waals surface area (Å²) >= 11 is 12.3. The van der Waals surface area contributed by atoms with Crippen LogP contribution in [0.1, 0.15) is 19.4 Å². The smallest absolute Gasteiger partial charge is 0.244 e. The summed E-state index contributed by atoms with van der Waals surface area (Å²) in [6, 6.07) is 8.40. The van der Waals surface area contributed by atoms with Crippen LogP contribution in [-0.4, -0.2) is 64.7 Å². The zero-order valence-corrected chi connectivity index (χ0v) is 22.5. The summed E-state index contributed by atoms with van der Waals surface area (Å²) < 4.78 is 36.8. The van der Waals surface area contributed by atoms with Crippen LogP contribution in [0.15, 0.2) is 36.4 Å². The Morgan fingerprint density at radius 2 is 1.71 bits per heavy atom. The van der Waals surface area contributed by atoms with E-state index in [0.717, 1.165) is 10.6 Å². The minimum absolute atomic E-state index is 0.0311. The highest BCUT2D eigenvalue weighted by atomic mass is 35.5. The van der Waals surface area contributed by atoms with E-state index in [9.17, 15) is 18.0 Å². The van der Waals surface area contributed by atoms with Crippen molar-refractivity contribution in [3.63, 3.8) is 0 Å². The molecule has 0 spiro atoms. The Labute approximate surface area is 215 Å². The van der Waals surface area contributed by atoms with Gasteiger partial charge in [0.15, 0.2) is 11.5 Å². The van der Waals surface area contributed by atoms with Crippen LogP contribution in [0, 0.1) is 0 Å². The van der Waals surface area contributed by atoms with Crippen molar-refractivity contribution in [3.8, 4) is 11.5 Å². The molecular weight excluding hydrogens is 517 g/mol. The molecule has 0 aliphatic rings. The lowest BCUT2D eigenvalue weighted by Gasteiger charge is -2.31. The fourth-order valence-electron chi connectivity index (χ4n) is 3.33. The zero-order chi connectivity index (χ0) is 26.3. The van der Waals surface area contributed by atoms with Crippen molar-refractivity contribution in [3.05, 3.63) is 52.0 Å². The maximum absolute atomic E-state index is 13.5. The normalized spacial score (nSPS) is 12.0. The Bertz CT molecular complexity index is 1180. The SMILES string of the molecule is CCNC(=O)[C@H](C)N(Cc1ccc(Cl)cc1Cl)C(=O)CN(c1ccc(OC)c(OC)c1)S(C)(=O)=O. The number of methoxy groups -OCH3 is 2. The summed E-state index contributed by atoms with van der Waals surface area (Å²) in [5, 5.41) is 3.42. The topological polar surface area (TPSA) is 105 Å². The third-order valence-corrected chi connectivity index (χ3v) is 6.94. The molecule has 35 heavy (non-hydrogen) atoms. The molecule has 2 aromatic carbocycles. The maximum atomic E-state index is 13.5. The van der Waals surface area contributed by atoms with Crippen molar-refractivity contribution in [1.29, 1.82) is 0 Å². The first-order valence-electron chi connectivity index (χ1n) is 10.6. The molecule has 2 rings (SSSR count). The maximum Gasteiger partial charge on any atom is 0.244 e. The lowest BCUT2D eigenvalue weighted by Crippen LogP contribution is -2.51. The van der Waals surface area contributed by atoms with Gasteiger partial charge in [-0.3, -0.25) is 13.9 Å². The largest absolute Gasteiger partial charge is 0.493 e. The number of rotatable bonds is 11. The van der Waals surface area contributed by atoms with E-state index < -0.39 is 28.5 Å². The number of hydrogen-bond donors (Lipinski definition) is 1. The number of nitrogens with zero attached hydrogens (tertiary/aromatic N) is 2.